The van der Waals surface area contributed by atoms with Gasteiger partial charge in [-0.1, -0.05) is 104 Å². The summed E-state index contributed by atoms with van der Waals surface area (Å²) in [5.41, 5.74) is 0. The summed E-state index contributed by atoms with van der Waals surface area (Å²) in [5, 5.41) is 0. The van der Waals surface area contributed by atoms with Crippen molar-refractivity contribution in [1.29, 1.82) is 0 Å². The van der Waals surface area contributed by atoms with Crippen LogP contribution in [0.1, 0.15) is 97.3 Å². The van der Waals surface area contributed by atoms with Crippen molar-refractivity contribution in [2.24, 2.45) is 5.92 Å². The highest BCUT2D eigenvalue weighted by atomic mass is 14.1. The molecule has 0 rings (SSSR count). The maximum Gasteiger partial charge on any atom is -0.0417 e. The highest BCUT2D eigenvalue weighted by Crippen LogP contribution is 2.20. The summed E-state index contributed by atoms with van der Waals surface area (Å²) in [7, 11) is 0. The first-order valence-electron chi connectivity index (χ1n) is 8.14. The third-order valence-corrected chi connectivity index (χ3v) is 3.91. The van der Waals surface area contributed by atoms with Crippen molar-refractivity contribution in [2.75, 3.05) is 0 Å². The van der Waals surface area contributed by atoms with Crippen LogP contribution in [0, 0.1) is 12.8 Å². The molecule has 0 aromatic carbocycles. The maximum absolute atomic E-state index is 3.89. The molecule has 0 bridgehead atoms. The first-order valence-corrected chi connectivity index (χ1v) is 8.14. The molecule has 0 aromatic rings. The fourth-order valence-electron chi connectivity index (χ4n) is 2.54. The van der Waals surface area contributed by atoms with Crippen molar-refractivity contribution in [3.63, 3.8) is 0 Å². The molecule has 103 valence electrons. The highest BCUT2D eigenvalue weighted by molar-refractivity contribution is 4.58. The maximum atomic E-state index is 3.89. The van der Waals surface area contributed by atoms with Crippen LogP contribution in [-0.2, 0) is 0 Å². The largest absolute Gasteiger partial charge is 0.0654 e. The molecule has 0 N–H and O–H groups in total. The number of unbranched alkanes of at least 4 members (excludes halogenated alkanes) is 8. The molecule has 1 atom stereocenters. The van der Waals surface area contributed by atoms with Crippen molar-refractivity contribution in [3.05, 3.63) is 6.92 Å². The molecule has 0 aliphatic carbocycles. The number of hydrogen-bond donors (Lipinski definition) is 0. The third kappa shape index (κ3) is 12.2. The fourth-order valence-corrected chi connectivity index (χ4v) is 2.54. The minimum atomic E-state index is 1.01. The Kier molecular flexibility index (Phi) is 14.1. The van der Waals surface area contributed by atoms with Crippen molar-refractivity contribution >= 4 is 0 Å². The molecule has 0 spiro atoms. The van der Waals surface area contributed by atoms with E-state index in [0.29, 0.717) is 0 Å². The molecule has 0 heteroatoms. The van der Waals surface area contributed by atoms with E-state index in [1.807, 2.05) is 0 Å². The van der Waals surface area contributed by atoms with Crippen LogP contribution < -0.4 is 0 Å². The van der Waals surface area contributed by atoms with Crippen LogP contribution >= 0.6 is 0 Å². The zero-order chi connectivity index (χ0) is 12.8. The van der Waals surface area contributed by atoms with Crippen molar-refractivity contribution in [2.45, 2.75) is 97.3 Å². The van der Waals surface area contributed by atoms with Crippen LogP contribution in [0.4, 0.5) is 0 Å². The van der Waals surface area contributed by atoms with E-state index < -0.39 is 0 Å². The molecule has 0 heterocycles. The summed E-state index contributed by atoms with van der Waals surface area (Å²) in [4.78, 5) is 0. The predicted molar refractivity (Wildman–Crippen MR) is 80.2 cm³/mol. The molecule has 0 saturated carbocycles. The molecule has 0 amide bonds. The van der Waals surface area contributed by atoms with Gasteiger partial charge in [0.05, 0.1) is 0 Å². The Morgan fingerprint density at radius 3 is 1.76 bits per heavy atom. The molecule has 0 aliphatic heterocycles. The summed E-state index contributed by atoms with van der Waals surface area (Å²) in [5.74, 6) is 1.01. The first kappa shape index (κ1) is 17.0. The van der Waals surface area contributed by atoms with E-state index in [1.54, 1.807) is 0 Å². The van der Waals surface area contributed by atoms with Crippen LogP contribution in [-0.4, -0.2) is 0 Å². The summed E-state index contributed by atoms with van der Waals surface area (Å²) >= 11 is 0. The van der Waals surface area contributed by atoms with Crippen LogP contribution in [0.15, 0.2) is 0 Å². The second kappa shape index (κ2) is 14.1. The van der Waals surface area contributed by atoms with Gasteiger partial charge in [0.25, 0.3) is 0 Å². The lowest BCUT2D eigenvalue weighted by Crippen LogP contribution is -1.98. The van der Waals surface area contributed by atoms with Gasteiger partial charge >= 0.3 is 0 Å². The molecule has 0 nitrogen and oxygen atoms in total. The molecular formula is C17H35. The summed E-state index contributed by atoms with van der Waals surface area (Å²) in [6.45, 7) is 8.55. The van der Waals surface area contributed by atoms with E-state index in [9.17, 15) is 0 Å². The smallest absolute Gasteiger partial charge is 0.0417 e. The van der Waals surface area contributed by atoms with Gasteiger partial charge in [0.2, 0.25) is 0 Å². The normalized spacial score (nSPS) is 12.9. The average Bonchev–Trinajstić information content (AvgIpc) is 2.36. The molecular weight excluding hydrogens is 204 g/mol. The van der Waals surface area contributed by atoms with E-state index >= 15 is 0 Å². The lowest BCUT2D eigenvalue weighted by molar-refractivity contribution is 0.399. The number of rotatable bonds is 13. The zero-order valence-corrected chi connectivity index (χ0v) is 12.5. The SMILES string of the molecule is [CH2]CCCCCCCCCC(CC)CCCC. The Morgan fingerprint density at radius 1 is 0.706 bits per heavy atom. The number of hydrogen-bond acceptors (Lipinski definition) is 0. The second-order valence-electron chi connectivity index (χ2n) is 5.53. The molecule has 17 heavy (non-hydrogen) atoms. The van der Waals surface area contributed by atoms with Gasteiger partial charge in [-0.05, 0) is 5.92 Å². The van der Waals surface area contributed by atoms with Gasteiger partial charge < -0.3 is 0 Å². The first-order chi connectivity index (χ1) is 8.35. The molecule has 1 unspecified atom stereocenters. The van der Waals surface area contributed by atoms with E-state index in [0.717, 1.165) is 12.3 Å². The fraction of sp³-hybridized carbons (Fsp3) is 0.941. The van der Waals surface area contributed by atoms with Crippen molar-refractivity contribution < 1.29 is 0 Å². The average molecular weight is 239 g/mol. The van der Waals surface area contributed by atoms with Crippen LogP contribution in [0.25, 0.3) is 0 Å². The van der Waals surface area contributed by atoms with E-state index in [-0.39, 0.29) is 0 Å². The molecule has 0 fully saturated rings. The van der Waals surface area contributed by atoms with Crippen molar-refractivity contribution in [1.82, 2.24) is 0 Å². The Hall–Kier alpha value is 0. The van der Waals surface area contributed by atoms with E-state index in [1.165, 1.54) is 77.0 Å². The molecule has 1 radical (unpaired) electrons. The Balaban J connectivity index is 3.19. The van der Waals surface area contributed by atoms with Crippen LogP contribution in [0.3, 0.4) is 0 Å². The lowest BCUT2D eigenvalue weighted by atomic mass is 9.93. The van der Waals surface area contributed by atoms with Gasteiger partial charge in [0, 0.05) is 0 Å². The molecule has 0 aliphatic rings. The second-order valence-corrected chi connectivity index (χ2v) is 5.53. The summed E-state index contributed by atoms with van der Waals surface area (Å²) in [6, 6.07) is 0. The monoisotopic (exact) mass is 239 g/mol. The van der Waals surface area contributed by atoms with Gasteiger partial charge in [0.15, 0.2) is 0 Å². The Labute approximate surface area is 111 Å². The van der Waals surface area contributed by atoms with E-state index in [2.05, 4.69) is 20.8 Å². The summed E-state index contributed by atoms with van der Waals surface area (Å²) in [6.07, 6.45) is 18.3. The van der Waals surface area contributed by atoms with Gasteiger partial charge in [0.1, 0.15) is 0 Å². The van der Waals surface area contributed by atoms with Crippen molar-refractivity contribution in [3.8, 4) is 0 Å². The minimum Gasteiger partial charge on any atom is -0.0654 e. The van der Waals surface area contributed by atoms with Gasteiger partial charge in [-0.2, -0.15) is 0 Å². The van der Waals surface area contributed by atoms with Gasteiger partial charge in [-0.15, -0.1) is 0 Å². The lowest BCUT2D eigenvalue weighted by Gasteiger charge is -2.13. The Bertz CT molecular complexity index is 128. The standard InChI is InChI=1S/C17H35/c1-4-7-9-10-11-12-13-14-16-17(6-3)15-8-5-2/h17H,1,4-16H2,2-3H3. The van der Waals surface area contributed by atoms with Crippen LogP contribution in [0.5, 0.6) is 0 Å². The minimum absolute atomic E-state index is 1.01. The zero-order valence-electron chi connectivity index (χ0n) is 12.5. The quantitative estimate of drug-likeness (QED) is 0.320. The molecule has 0 aromatic heterocycles. The van der Waals surface area contributed by atoms with Gasteiger partial charge in [-0.3, -0.25) is 0 Å². The van der Waals surface area contributed by atoms with Gasteiger partial charge in [-0.25, -0.2) is 0 Å². The third-order valence-electron chi connectivity index (χ3n) is 3.91. The van der Waals surface area contributed by atoms with Crippen LogP contribution in [0.2, 0.25) is 0 Å². The Morgan fingerprint density at radius 2 is 1.24 bits per heavy atom. The van der Waals surface area contributed by atoms with E-state index in [4.69, 9.17) is 0 Å². The predicted octanol–water partition coefficient (Wildman–Crippen LogP) is 6.55. The molecule has 0 saturated heterocycles. The topological polar surface area (TPSA) is 0 Å². The summed E-state index contributed by atoms with van der Waals surface area (Å²) < 4.78 is 0. The highest BCUT2D eigenvalue weighted by Gasteiger charge is 2.04.